The Morgan fingerprint density at radius 2 is 2.24 bits per heavy atom. The fraction of sp³-hybridized carbons (Fsp3) is 0.600. The van der Waals surface area contributed by atoms with E-state index in [4.69, 9.17) is 4.98 Å². The molecule has 0 saturated carbocycles. The number of anilines is 2. The molecule has 0 radical (unpaired) electrons. The van der Waals surface area contributed by atoms with Gasteiger partial charge in [0.05, 0.1) is 6.20 Å². The van der Waals surface area contributed by atoms with Crippen molar-refractivity contribution < 1.29 is 0 Å². The number of nitrogens with zero attached hydrogens (tertiary/aromatic N) is 5. The van der Waals surface area contributed by atoms with Crippen molar-refractivity contribution in [3.63, 3.8) is 0 Å². The molecule has 112 valence electrons. The Morgan fingerprint density at radius 1 is 1.33 bits per heavy atom. The van der Waals surface area contributed by atoms with E-state index >= 15 is 0 Å². The minimum absolute atomic E-state index is 0.472. The fourth-order valence-electron chi connectivity index (χ4n) is 3.71. The monoisotopic (exact) mass is 286 g/mol. The van der Waals surface area contributed by atoms with Gasteiger partial charge in [0.25, 0.3) is 0 Å². The lowest BCUT2D eigenvalue weighted by Gasteiger charge is -2.43. The van der Waals surface area contributed by atoms with Gasteiger partial charge in [-0.25, -0.2) is 9.97 Å². The Morgan fingerprint density at radius 3 is 3.10 bits per heavy atom. The van der Waals surface area contributed by atoms with Gasteiger partial charge in [0.15, 0.2) is 11.5 Å². The van der Waals surface area contributed by atoms with Crippen LogP contribution in [0.2, 0.25) is 0 Å². The zero-order chi connectivity index (χ0) is 14.4. The van der Waals surface area contributed by atoms with Crippen LogP contribution in [0.5, 0.6) is 0 Å². The van der Waals surface area contributed by atoms with Crippen LogP contribution in [0, 0.1) is 0 Å². The highest BCUT2D eigenvalue weighted by atomic mass is 15.3. The number of imidazole rings is 1. The SMILES string of the molecule is CNc1cn2ccnc2c(N2CC3CCCN3CC2C)n1. The van der Waals surface area contributed by atoms with Gasteiger partial charge in [-0.15, -0.1) is 0 Å². The van der Waals surface area contributed by atoms with Gasteiger partial charge >= 0.3 is 0 Å². The molecular formula is C15H22N6. The molecule has 2 aromatic rings. The summed E-state index contributed by atoms with van der Waals surface area (Å²) in [5.41, 5.74) is 0.951. The summed E-state index contributed by atoms with van der Waals surface area (Å²) in [6.07, 6.45) is 8.45. The minimum Gasteiger partial charge on any atom is -0.372 e. The topological polar surface area (TPSA) is 48.7 Å². The van der Waals surface area contributed by atoms with Crippen molar-refractivity contribution in [3.05, 3.63) is 18.6 Å². The van der Waals surface area contributed by atoms with E-state index in [0.717, 1.165) is 30.4 Å². The lowest BCUT2D eigenvalue weighted by atomic mass is 10.1. The number of aromatic nitrogens is 3. The second-order valence-electron chi connectivity index (χ2n) is 6.15. The van der Waals surface area contributed by atoms with Gasteiger partial charge in [0, 0.05) is 44.6 Å². The maximum atomic E-state index is 4.79. The van der Waals surface area contributed by atoms with E-state index in [1.54, 1.807) is 0 Å². The van der Waals surface area contributed by atoms with Crippen molar-refractivity contribution in [1.82, 2.24) is 19.3 Å². The zero-order valence-electron chi connectivity index (χ0n) is 12.7. The van der Waals surface area contributed by atoms with Gasteiger partial charge in [-0.3, -0.25) is 4.90 Å². The summed E-state index contributed by atoms with van der Waals surface area (Å²) in [7, 11) is 1.91. The van der Waals surface area contributed by atoms with Crippen LogP contribution in [-0.4, -0.2) is 58.0 Å². The molecule has 0 spiro atoms. The third-order valence-corrected chi connectivity index (χ3v) is 4.82. The summed E-state index contributed by atoms with van der Waals surface area (Å²) < 4.78 is 2.06. The maximum absolute atomic E-state index is 4.79. The average Bonchev–Trinajstić information content (AvgIpc) is 3.13. The first-order valence-electron chi connectivity index (χ1n) is 7.78. The van der Waals surface area contributed by atoms with Crippen molar-refractivity contribution in [3.8, 4) is 0 Å². The van der Waals surface area contributed by atoms with Crippen molar-refractivity contribution in [2.75, 3.05) is 36.9 Å². The van der Waals surface area contributed by atoms with Gasteiger partial charge in [-0.2, -0.15) is 0 Å². The smallest absolute Gasteiger partial charge is 0.180 e. The molecule has 0 aliphatic carbocycles. The van der Waals surface area contributed by atoms with Crippen molar-refractivity contribution in [2.45, 2.75) is 31.8 Å². The normalized spacial score (nSPS) is 26.3. The summed E-state index contributed by atoms with van der Waals surface area (Å²) >= 11 is 0. The number of rotatable bonds is 2. The van der Waals surface area contributed by atoms with E-state index in [1.165, 1.54) is 19.4 Å². The van der Waals surface area contributed by atoms with E-state index < -0.39 is 0 Å². The molecule has 1 N–H and O–H groups in total. The van der Waals surface area contributed by atoms with Crippen LogP contribution in [0.3, 0.4) is 0 Å². The molecule has 2 aliphatic rings. The summed E-state index contributed by atoms with van der Waals surface area (Å²) in [6.45, 7) is 5.74. The maximum Gasteiger partial charge on any atom is 0.180 e. The lowest BCUT2D eigenvalue weighted by molar-refractivity contribution is 0.202. The van der Waals surface area contributed by atoms with Gasteiger partial charge in [0.2, 0.25) is 0 Å². The third kappa shape index (κ3) is 2.05. The van der Waals surface area contributed by atoms with E-state index in [9.17, 15) is 0 Å². The van der Waals surface area contributed by atoms with Gasteiger partial charge in [-0.05, 0) is 26.3 Å². The molecule has 2 fully saturated rings. The van der Waals surface area contributed by atoms with Crippen LogP contribution in [0.1, 0.15) is 19.8 Å². The Bertz CT molecular complexity index is 651. The number of hydrogen-bond acceptors (Lipinski definition) is 5. The molecule has 21 heavy (non-hydrogen) atoms. The second kappa shape index (κ2) is 4.87. The van der Waals surface area contributed by atoms with Gasteiger partial charge in [0.1, 0.15) is 5.82 Å². The highest BCUT2D eigenvalue weighted by Crippen LogP contribution is 2.30. The van der Waals surface area contributed by atoms with E-state index in [0.29, 0.717) is 12.1 Å². The largest absolute Gasteiger partial charge is 0.372 e. The molecular weight excluding hydrogens is 264 g/mol. The standard InChI is InChI=1S/C15H22N6/c1-11-8-19-6-3-4-12(19)9-21(11)15-14-17-5-7-20(14)10-13(16-2)18-15/h5,7,10-12,16H,3-4,6,8-9H2,1-2H3. The minimum atomic E-state index is 0.472. The molecule has 2 saturated heterocycles. The van der Waals surface area contributed by atoms with E-state index in [2.05, 4.69) is 31.4 Å². The van der Waals surface area contributed by atoms with E-state index in [1.807, 2.05) is 25.6 Å². The van der Waals surface area contributed by atoms with E-state index in [-0.39, 0.29) is 0 Å². The van der Waals surface area contributed by atoms with Gasteiger partial charge in [-0.1, -0.05) is 0 Å². The molecule has 2 atom stereocenters. The van der Waals surface area contributed by atoms with Crippen LogP contribution in [0.25, 0.3) is 5.65 Å². The average molecular weight is 286 g/mol. The molecule has 4 heterocycles. The Balaban J connectivity index is 1.76. The summed E-state index contributed by atoms with van der Waals surface area (Å²) in [4.78, 5) is 14.4. The Hall–Kier alpha value is -1.82. The number of hydrogen-bond donors (Lipinski definition) is 1. The lowest BCUT2D eigenvalue weighted by Crippen LogP contribution is -2.55. The van der Waals surface area contributed by atoms with Crippen LogP contribution in [0.4, 0.5) is 11.6 Å². The zero-order valence-corrected chi connectivity index (χ0v) is 12.7. The first-order valence-corrected chi connectivity index (χ1v) is 7.78. The molecule has 0 amide bonds. The van der Waals surface area contributed by atoms with Gasteiger partial charge < -0.3 is 14.6 Å². The molecule has 6 heteroatoms. The quantitative estimate of drug-likeness (QED) is 0.905. The summed E-state index contributed by atoms with van der Waals surface area (Å²) in [5.74, 6) is 1.89. The highest BCUT2D eigenvalue weighted by Gasteiger charge is 2.35. The van der Waals surface area contributed by atoms with Crippen LogP contribution in [0.15, 0.2) is 18.6 Å². The molecule has 2 unspecified atom stereocenters. The molecule has 4 rings (SSSR count). The summed E-state index contributed by atoms with van der Waals surface area (Å²) in [5, 5.41) is 3.15. The summed E-state index contributed by atoms with van der Waals surface area (Å²) in [6, 6.07) is 1.15. The first-order chi connectivity index (χ1) is 10.3. The first kappa shape index (κ1) is 12.9. The van der Waals surface area contributed by atoms with Crippen molar-refractivity contribution in [1.29, 1.82) is 0 Å². The predicted molar refractivity (Wildman–Crippen MR) is 83.9 cm³/mol. The van der Waals surface area contributed by atoms with Crippen molar-refractivity contribution >= 4 is 17.3 Å². The highest BCUT2D eigenvalue weighted by molar-refractivity contribution is 5.67. The number of nitrogens with one attached hydrogen (secondary N) is 1. The molecule has 0 bridgehead atoms. The number of piperazine rings is 1. The Kier molecular flexibility index (Phi) is 2.99. The molecule has 6 nitrogen and oxygen atoms in total. The fourth-order valence-corrected chi connectivity index (χ4v) is 3.71. The van der Waals surface area contributed by atoms with Crippen LogP contribution < -0.4 is 10.2 Å². The molecule has 0 aromatic carbocycles. The molecule has 2 aliphatic heterocycles. The Labute approximate surface area is 124 Å². The van der Waals surface area contributed by atoms with Crippen LogP contribution >= 0.6 is 0 Å². The third-order valence-electron chi connectivity index (χ3n) is 4.82. The molecule has 2 aromatic heterocycles. The number of fused-ring (bicyclic) bond motifs is 2. The predicted octanol–water partition coefficient (Wildman–Crippen LogP) is 1.44. The van der Waals surface area contributed by atoms with Crippen LogP contribution in [-0.2, 0) is 0 Å². The second-order valence-corrected chi connectivity index (χ2v) is 6.15. The van der Waals surface area contributed by atoms with Crippen molar-refractivity contribution in [2.24, 2.45) is 0 Å².